The van der Waals surface area contributed by atoms with E-state index in [0.717, 1.165) is 25.7 Å². The molecule has 0 aliphatic heterocycles. The molecule has 1 N–H and O–H groups in total. The van der Waals surface area contributed by atoms with Crippen LogP contribution in [0, 0.1) is 18.7 Å². The van der Waals surface area contributed by atoms with E-state index in [2.05, 4.69) is 4.72 Å². The van der Waals surface area contributed by atoms with Crippen molar-refractivity contribution in [1.29, 1.82) is 0 Å². The molecule has 1 saturated carbocycles. The normalized spacial score (nSPS) is 23.8. The van der Waals surface area contributed by atoms with Gasteiger partial charge in [0.2, 0.25) is 10.0 Å². The third kappa shape index (κ3) is 3.93. The molecule has 0 unspecified atom stereocenters. The molecule has 2 rings (SSSR count). The summed E-state index contributed by atoms with van der Waals surface area (Å²) in [6, 6.07) is 3.70. The monoisotopic (exact) mass is 319 g/mol. The molecule has 0 heterocycles. The van der Waals surface area contributed by atoms with Crippen LogP contribution in [0.2, 0.25) is 0 Å². The van der Waals surface area contributed by atoms with Crippen LogP contribution >= 0.6 is 11.6 Å². The summed E-state index contributed by atoms with van der Waals surface area (Å²) in [5.74, 6) is -0.0950. The van der Waals surface area contributed by atoms with Gasteiger partial charge in [0.25, 0.3) is 0 Å². The van der Waals surface area contributed by atoms with Crippen molar-refractivity contribution in [3.8, 4) is 0 Å². The van der Waals surface area contributed by atoms with E-state index in [-0.39, 0.29) is 10.3 Å². The van der Waals surface area contributed by atoms with Gasteiger partial charge in [0.05, 0.1) is 4.90 Å². The second-order valence-corrected chi connectivity index (χ2v) is 7.73. The number of rotatable bonds is 4. The number of benzene rings is 1. The van der Waals surface area contributed by atoms with Crippen molar-refractivity contribution in [2.45, 2.75) is 42.9 Å². The number of nitrogens with one attached hydrogen (secondary N) is 1. The molecule has 0 amide bonds. The highest BCUT2D eigenvalue weighted by atomic mass is 35.5. The van der Waals surface area contributed by atoms with Crippen LogP contribution in [0.5, 0.6) is 0 Å². The van der Waals surface area contributed by atoms with Crippen LogP contribution in [-0.2, 0) is 10.0 Å². The van der Waals surface area contributed by atoms with E-state index in [1.165, 1.54) is 18.2 Å². The second-order valence-electron chi connectivity index (χ2n) is 5.38. The molecule has 1 aromatic carbocycles. The molecule has 1 aliphatic rings. The number of hydrogen-bond acceptors (Lipinski definition) is 2. The van der Waals surface area contributed by atoms with Crippen LogP contribution in [0.3, 0.4) is 0 Å². The summed E-state index contributed by atoms with van der Waals surface area (Å²) in [6.07, 6.45) is 3.76. The van der Waals surface area contributed by atoms with Gasteiger partial charge in [0, 0.05) is 11.9 Å². The molecule has 20 heavy (non-hydrogen) atoms. The summed E-state index contributed by atoms with van der Waals surface area (Å²) >= 11 is 6.03. The first-order valence-electron chi connectivity index (χ1n) is 6.78. The zero-order valence-electron chi connectivity index (χ0n) is 11.4. The first kappa shape index (κ1) is 15.7. The van der Waals surface area contributed by atoms with Crippen LogP contribution < -0.4 is 4.72 Å². The average molecular weight is 320 g/mol. The van der Waals surface area contributed by atoms with E-state index in [0.29, 0.717) is 18.0 Å². The molecule has 0 bridgehead atoms. The summed E-state index contributed by atoms with van der Waals surface area (Å²) in [5.41, 5.74) is 0.418. The molecule has 0 atom stereocenters. The Hall–Kier alpha value is -0.650. The molecule has 3 nitrogen and oxygen atoms in total. The van der Waals surface area contributed by atoms with Crippen molar-refractivity contribution in [3.63, 3.8) is 0 Å². The zero-order chi connectivity index (χ0) is 14.8. The Bertz CT molecular complexity index is 569. The van der Waals surface area contributed by atoms with Crippen molar-refractivity contribution >= 4 is 21.6 Å². The quantitative estimate of drug-likeness (QED) is 0.866. The van der Waals surface area contributed by atoms with Crippen LogP contribution in [0.15, 0.2) is 23.1 Å². The molecule has 1 aromatic rings. The lowest BCUT2D eigenvalue weighted by Gasteiger charge is -2.25. The van der Waals surface area contributed by atoms with Crippen LogP contribution in [-0.4, -0.2) is 20.3 Å². The molecule has 1 fully saturated rings. The molecule has 6 heteroatoms. The lowest BCUT2D eigenvalue weighted by Crippen LogP contribution is -2.31. The molecule has 0 radical (unpaired) electrons. The van der Waals surface area contributed by atoms with E-state index in [9.17, 15) is 12.8 Å². The first-order chi connectivity index (χ1) is 9.38. The molecular formula is C14H19ClFNO2S. The smallest absolute Gasteiger partial charge is 0.211 e. The predicted molar refractivity (Wildman–Crippen MR) is 77.9 cm³/mol. The van der Waals surface area contributed by atoms with Crippen molar-refractivity contribution in [2.24, 2.45) is 5.92 Å². The van der Waals surface area contributed by atoms with Gasteiger partial charge in [-0.25, -0.2) is 17.5 Å². The molecule has 112 valence electrons. The van der Waals surface area contributed by atoms with Gasteiger partial charge < -0.3 is 0 Å². The fourth-order valence-corrected chi connectivity index (χ4v) is 4.14. The Morgan fingerprint density at radius 3 is 2.55 bits per heavy atom. The maximum Gasteiger partial charge on any atom is 0.240 e. The van der Waals surface area contributed by atoms with Crippen molar-refractivity contribution < 1.29 is 12.8 Å². The molecule has 0 spiro atoms. The van der Waals surface area contributed by atoms with Gasteiger partial charge in [-0.15, -0.1) is 11.6 Å². The fraction of sp³-hybridized carbons (Fsp3) is 0.571. The number of aryl methyl sites for hydroxylation is 1. The minimum absolute atomic E-state index is 0.143. The fourth-order valence-electron chi connectivity index (χ4n) is 2.55. The number of sulfonamides is 1. The highest BCUT2D eigenvalue weighted by Crippen LogP contribution is 2.27. The first-order valence-corrected chi connectivity index (χ1v) is 8.70. The number of halogens is 2. The van der Waals surface area contributed by atoms with Crippen molar-refractivity contribution in [2.75, 3.05) is 6.54 Å². The van der Waals surface area contributed by atoms with Crippen molar-refractivity contribution in [3.05, 3.63) is 29.6 Å². The summed E-state index contributed by atoms with van der Waals surface area (Å²) < 4.78 is 40.1. The highest BCUT2D eigenvalue weighted by Gasteiger charge is 2.23. The van der Waals surface area contributed by atoms with Crippen LogP contribution in [0.25, 0.3) is 0 Å². The van der Waals surface area contributed by atoms with Gasteiger partial charge in [-0.1, -0.05) is 0 Å². The largest absolute Gasteiger partial charge is 0.240 e. The number of alkyl halides is 1. The summed E-state index contributed by atoms with van der Waals surface area (Å²) in [6.45, 7) is 2.01. The average Bonchev–Trinajstić information content (AvgIpc) is 2.37. The Labute approximate surface area is 124 Å². The van der Waals surface area contributed by atoms with Gasteiger partial charge >= 0.3 is 0 Å². The van der Waals surface area contributed by atoms with Gasteiger partial charge in [-0.2, -0.15) is 0 Å². The highest BCUT2D eigenvalue weighted by molar-refractivity contribution is 7.89. The van der Waals surface area contributed by atoms with Gasteiger partial charge in [-0.05, 0) is 62.3 Å². The predicted octanol–water partition coefficient (Wildman–Crippen LogP) is 3.21. The second kappa shape index (κ2) is 6.41. The standard InChI is InChI=1S/C14H19ClFNO2S/c1-10-8-13(16)6-7-14(10)20(18,19)17-9-11-2-4-12(15)5-3-11/h6-8,11-12,17H,2-5,9H2,1H3. The van der Waals surface area contributed by atoms with E-state index < -0.39 is 15.8 Å². The van der Waals surface area contributed by atoms with Gasteiger partial charge in [0.1, 0.15) is 5.82 Å². The third-order valence-electron chi connectivity index (χ3n) is 3.76. The molecule has 0 aromatic heterocycles. The minimum atomic E-state index is -3.57. The van der Waals surface area contributed by atoms with Crippen LogP contribution in [0.1, 0.15) is 31.2 Å². The Morgan fingerprint density at radius 1 is 1.30 bits per heavy atom. The summed E-state index contributed by atoms with van der Waals surface area (Å²) in [4.78, 5) is 0.143. The maximum atomic E-state index is 13.0. The lowest BCUT2D eigenvalue weighted by atomic mass is 9.89. The Kier molecular flexibility index (Phi) is 5.04. The van der Waals surface area contributed by atoms with E-state index in [4.69, 9.17) is 11.6 Å². The Balaban J connectivity index is 2.00. The van der Waals surface area contributed by atoms with Crippen LogP contribution in [0.4, 0.5) is 4.39 Å². The molecule has 0 saturated heterocycles. The zero-order valence-corrected chi connectivity index (χ0v) is 13.0. The lowest BCUT2D eigenvalue weighted by molar-refractivity contribution is 0.361. The molecule has 1 aliphatic carbocycles. The van der Waals surface area contributed by atoms with Crippen molar-refractivity contribution in [1.82, 2.24) is 4.72 Å². The van der Waals surface area contributed by atoms with E-state index in [1.807, 2.05) is 0 Å². The van der Waals surface area contributed by atoms with Gasteiger partial charge in [-0.3, -0.25) is 0 Å². The summed E-state index contributed by atoms with van der Waals surface area (Å²) in [5, 5.41) is 0.224. The van der Waals surface area contributed by atoms with E-state index in [1.54, 1.807) is 6.92 Å². The minimum Gasteiger partial charge on any atom is -0.211 e. The van der Waals surface area contributed by atoms with Gasteiger partial charge in [0.15, 0.2) is 0 Å². The Morgan fingerprint density at radius 2 is 1.95 bits per heavy atom. The third-order valence-corrected chi connectivity index (χ3v) is 5.79. The summed E-state index contributed by atoms with van der Waals surface area (Å²) in [7, 11) is -3.57. The topological polar surface area (TPSA) is 46.2 Å². The maximum absolute atomic E-state index is 13.0. The SMILES string of the molecule is Cc1cc(F)ccc1S(=O)(=O)NCC1CCC(Cl)CC1. The molecular weight excluding hydrogens is 301 g/mol. The number of hydrogen-bond donors (Lipinski definition) is 1. The van der Waals surface area contributed by atoms with E-state index >= 15 is 0 Å².